The van der Waals surface area contributed by atoms with Crippen LogP contribution >= 0.6 is 30.1 Å². The van der Waals surface area contributed by atoms with Gasteiger partial charge in [-0.05, 0) is 17.8 Å². The number of nitrogens with zero attached hydrogens (tertiary/aromatic N) is 3. The fourth-order valence-electron chi connectivity index (χ4n) is 2.64. The zero-order valence-corrected chi connectivity index (χ0v) is 19.6. The molecule has 3 nitrogen and oxygen atoms in total. The number of hydrogen-bond acceptors (Lipinski definition) is 0. The Morgan fingerprint density at radius 1 is 0.520 bits per heavy atom. The van der Waals surface area contributed by atoms with Crippen LogP contribution in [0.1, 0.15) is 59.3 Å². The van der Waals surface area contributed by atoms with Gasteiger partial charge in [0.15, 0.2) is 0 Å². The fourth-order valence-corrected chi connectivity index (χ4v) is 2.64. The van der Waals surface area contributed by atoms with E-state index in [0.29, 0.717) is 0 Å². The molecule has 0 spiro atoms. The predicted octanol–water partition coefficient (Wildman–Crippen LogP) is 7.44. The van der Waals surface area contributed by atoms with E-state index < -0.39 is 11.4 Å². The molecule has 0 saturated carbocycles. The van der Waals surface area contributed by atoms with Crippen molar-refractivity contribution in [3.05, 3.63) is 16.0 Å². The van der Waals surface area contributed by atoms with Gasteiger partial charge in [0.1, 0.15) is 0 Å². The second-order valence-corrected chi connectivity index (χ2v) is 13.6. The maximum absolute atomic E-state index is 4.93. The molecular formula is C18H36Cl3CrN3-3. The van der Waals surface area contributed by atoms with E-state index in [1.807, 2.05) is 0 Å². The summed E-state index contributed by atoms with van der Waals surface area (Å²) < 4.78 is 0. The first-order valence-corrected chi connectivity index (χ1v) is 14.8. The van der Waals surface area contributed by atoms with Crippen molar-refractivity contribution < 1.29 is 11.4 Å². The maximum atomic E-state index is 4.93. The molecule has 0 atom stereocenters. The Hall–Kier alpha value is 1.28. The Morgan fingerprint density at radius 3 is 0.760 bits per heavy atom. The van der Waals surface area contributed by atoms with Gasteiger partial charge in [-0.3, -0.25) is 0 Å². The molecule has 3 heterocycles. The van der Waals surface area contributed by atoms with Crippen LogP contribution in [0.25, 0.3) is 16.0 Å². The van der Waals surface area contributed by atoms with Crippen LogP contribution in [0.5, 0.6) is 0 Å². The molecule has 0 amide bonds. The van der Waals surface area contributed by atoms with Crippen LogP contribution in [0, 0.1) is 17.8 Å². The second-order valence-electron chi connectivity index (χ2n) is 7.23. The third kappa shape index (κ3) is 21.4. The Bertz CT molecular complexity index is 227. The van der Waals surface area contributed by atoms with Crippen LogP contribution < -0.4 is 0 Å². The molecule has 0 aromatic rings. The average Bonchev–Trinajstić information content (AvgIpc) is 2.58. The van der Waals surface area contributed by atoms with Gasteiger partial charge < -0.3 is 16.0 Å². The van der Waals surface area contributed by atoms with E-state index in [2.05, 4.69) is 36.7 Å². The summed E-state index contributed by atoms with van der Waals surface area (Å²) in [4.78, 5) is 0. The molecule has 3 aliphatic heterocycles. The molecule has 3 fully saturated rings. The van der Waals surface area contributed by atoms with Crippen LogP contribution in [-0.4, -0.2) is 39.3 Å². The Kier molecular flexibility index (Phi) is 19.6. The van der Waals surface area contributed by atoms with Gasteiger partial charge in [0.25, 0.3) is 0 Å². The molecule has 153 valence electrons. The van der Waals surface area contributed by atoms with E-state index in [0.717, 1.165) is 57.0 Å². The zero-order valence-electron chi connectivity index (χ0n) is 16.1. The van der Waals surface area contributed by atoms with Crippen molar-refractivity contribution in [3.8, 4) is 0 Å². The summed E-state index contributed by atoms with van der Waals surface area (Å²) in [5, 5.41) is 12.7. The van der Waals surface area contributed by atoms with Crippen molar-refractivity contribution in [1.29, 1.82) is 0 Å². The quantitative estimate of drug-likeness (QED) is 0.366. The van der Waals surface area contributed by atoms with Crippen molar-refractivity contribution in [2.75, 3.05) is 39.3 Å². The molecule has 0 aromatic heterocycles. The standard InChI is InChI=1S/3C6H12N.3ClH.Cr/c3*1-6-2-4-7-5-3-6;;;;/h3*6H,2-5H2,1H3;3*1H;/q3*-1;;;;+3/p-3. The molecule has 3 saturated heterocycles. The van der Waals surface area contributed by atoms with E-state index >= 15 is 0 Å². The molecule has 0 aromatic carbocycles. The summed E-state index contributed by atoms with van der Waals surface area (Å²) >= 11 is -1.62. The van der Waals surface area contributed by atoms with Gasteiger partial charge in [-0.2, -0.15) is 0 Å². The van der Waals surface area contributed by atoms with Crippen molar-refractivity contribution in [1.82, 2.24) is 0 Å². The topological polar surface area (TPSA) is 42.3 Å². The monoisotopic (exact) mass is 451 g/mol. The van der Waals surface area contributed by atoms with Gasteiger partial charge >= 0.3 is 41.5 Å². The summed E-state index contributed by atoms with van der Waals surface area (Å²) in [7, 11) is 14.8. The minimum atomic E-state index is -1.62. The van der Waals surface area contributed by atoms with Crippen LogP contribution in [0.4, 0.5) is 0 Å². The SMILES string of the molecule is CC1CC[N-]CC1.CC1CC[N-]CC1.CC1CC[N-]CC1.[Cl][Cr]([Cl])[Cl]. The van der Waals surface area contributed by atoms with E-state index in [1.54, 1.807) is 0 Å². The van der Waals surface area contributed by atoms with Crippen LogP contribution in [0.3, 0.4) is 0 Å². The van der Waals surface area contributed by atoms with E-state index in [1.165, 1.54) is 38.5 Å². The molecule has 0 unspecified atom stereocenters. The fraction of sp³-hybridized carbons (Fsp3) is 1.00. The van der Waals surface area contributed by atoms with Crippen molar-refractivity contribution >= 4 is 30.1 Å². The summed E-state index contributed by atoms with van der Waals surface area (Å²) in [6.45, 7) is 13.6. The first kappa shape index (κ1) is 26.3. The molecule has 0 radical (unpaired) electrons. The Labute approximate surface area is 173 Å². The van der Waals surface area contributed by atoms with E-state index in [4.69, 9.17) is 30.1 Å². The first-order chi connectivity index (χ1) is 11.9. The second kappa shape index (κ2) is 18.6. The van der Waals surface area contributed by atoms with Crippen LogP contribution in [0.2, 0.25) is 0 Å². The minimum absolute atomic E-state index is 0.942. The van der Waals surface area contributed by atoms with Gasteiger partial charge in [0, 0.05) is 0 Å². The van der Waals surface area contributed by atoms with Crippen molar-refractivity contribution in [3.63, 3.8) is 0 Å². The molecule has 0 N–H and O–H groups in total. The molecule has 0 aliphatic carbocycles. The van der Waals surface area contributed by atoms with E-state index in [9.17, 15) is 0 Å². The van der Waals surface area contributed by atoms with Crippen LogP contribution in [-0.2, 0) is 11.4 Å². The summed E-state index contributed by atoms with van der Waals surface area (Å²) in [6, 6.07) is 0. The Balaban J connectivity index is 0.000000314. The van der Waals surface area contributed by atoms with E-state index in [-0.39, 0.29) is 0 Å². The average molecular weight is 453 g/mol. The number of piperidine rings is 3. The van der Waals surface area contributed by atoms with Gasteiger partial charge in [-0.15, -0.1) is 39.3 Å². The summed E-state index contributed by atoms with van der Waals surface area (Å²) in [5.74, 6) is 2.83. The molecular weight excluding hydrogens is 417 g/mol. The molecule has 0 bridgehead atoms. The molecule has 7 heteroatoms. The van der Waals surface area contributed by atoms with Gasteiger partial charge in [-0.1, -0.05) is 59.3 Å². The van der Waals surface area contributed by atoms with Crippen molar-refractivity contribution in [2.45, 2.75) is 59.3 Å². The third-order valence-corrected chi connectivity index (χ3v) is 4.68. The third-order valence-electron chi connectivity index (χ3n) is 4.68. The number of rotatable bonds is 0. The van der Waals surface area contributed by atoms with Crippen LogP contribution in [0.15, 0.2) is 0 Å². The summed E-state index contributed by atoms with van der Waals surface area (Å²) in [5.41, 5.74) is 0. The van der Waals surface area contributed by atoms with Crippen molar-refractivity contribution in [2.24, 2.45) is 17.8 Å². The Morgan fingerprint density at radius 2 is 0.680 bits per heavy atom. The van der Waals surface area contributed by atoms with Gasteiger partial charge in [0.05, 0.1) is 0 Å². The van der Waals surface area contributed by atoms with Gasteiger partial charge in [0.2, 0.25) is 0 Å². The first-order valence-electron chi connectivity index (χ1n) is 9.54. The normalized spacial score (nSPS) is 22.7. The molecule has 3 aliphatic rings. The molecule has 3 rings (SSSR count). The number of hydrogen-bond donors (Lipinski definition) is 0. The predicted molar refractivity (Wildman–Crippen MR) is 112 cm³/mol. The molecule has 25 heavy (non-hydrogen) atoms. The van der Waals surface area contributed by atoms with Gasteiger partial charge in [-0.25, -0.2) is 0 Å². The number of halogens is 3. The summed E-state index contributed by atoms with van der Waals surface area (Å²) in [6.07, 6.45) is 7.92. The zero-order chi connectivity index (χ0) is 18.9.